The topological polar surface area (TPSA) is 118 Å². The van der Waals surface area contributed by atoms with Crippen molar-refractivity contribution in [2.24, 2.45) is 5.14 Å². The predicted molar refractivity (Wildman–Crippen MR) is 92.4 cm³/mol. The van der Waals surface area contributed by atoms with Crippen LogP contribution in [0.4, 0.5) is 5.69 Å². The number of nitrogens with one attached hydrogen (secondary N) is 2. The molecule has 0 aliphatic carbocycles. The number of rotatable bonds is 4. The molecule has 0 fully saturated rings. The van der Waals surface area contributed by atoms with Crippen LogP contribution in [-0.2, 0) is 26.2 Å². The van der Waals surface area contributed by atoms with E-state index < -0.39 is 21.8 Å². The normalized spacial score (nSPS) is 10.9. The van der Waals surface area contributed by atoms with Gasteiger partial charge in [-0.3, -0.25) is 9.59 Å². The Balaban J connectivity index is 1.93. The first-order valence-corrected chi connectivity index (χ1v) is 9.07. The highest BCUT2D eigenvalue weighted by atomic mass is 79.9. The summed E-state index contributed by atoms with van der Waals surface area (Å²) in [5.74, 6) is -1.61. The van der Waals surface area contributed by atoms with E-state index in [1.807, 2.05) is 0 Å². The number of hydrogen-bond acceptors (Lipinski definition) is 4. The molecule has 0 radical (unpaired) electrons. The Kier molecular flexibility index (Phi) is 5.71. The monoisotopic (exact) mass is 411 g/mol. The van der Waals surface area contributed by atoms with Gasteiger partial charge in [0, 0.05) is 11.0 Å². The van der Waals surface area contributed by atoms with Crippen molar-refractivity contribution in [2.45, 2.75) is 11.4 Å². The van der Waals surface area contributed by atoms with Crippen LogP contribution in [0.5, 0.6) is 0 Å². The predicted octanol–water partition coefficient (Wildman–Crippen LogP) is 1.35. The first kappa shape index (κ1) is 18.1. The van der Waals surface area contributed by atoms with Crippen molar-refractivity contribution in [2.75, 3.05) is 5.32 Å². The van der Waals surface area contributed by atoms with Gasteiger partial charge < -0.3 is 10.6 Å². The van der Waals surface area contributed by atoms with Crippen molar-refractivity contribution in [1.29, 1.82) is 0 Å². The smallest absolute Gasteiger partial charge is 0.313 e. The summed E-state index contributed by atoms with van der Waals surface area (Å²) in [4.78, 5) is 23.6. The number of carbonyl (C=O) groups is 2. The zero-order valence-electron chi connectivity index (χ0n) is 12.3. The van der Waals surface area contributed by atoms with Gasteiger partial charge in [0.1, 0.15) is 0 Å². The van der Waals surface area contributed by atoms with Gasteiger partial charge in [0.2, 0.25) is 10.0 Å². The van der Waals surface area contributed by atoms with Crippen LogP contribution < -0.4 is 15.8 Å². The third kappa shape index (κ3) is 4.88. The van der Waals surface area contributed by atoms with Gasteiger partial charge in [0.25, 0.3) is 0 Å². The lowest BCUT2D eigenvalue weighted by molar-refractivity contribution is -0.136. The lowest BCUT2D eigenvalue weighted by Crippen LogP contribution is -2.35. The largest absolute Gasteiger partial charge is 0.344 e. The third-order valence-corrected chi connectivity index (χ3v) is 4.65. The van der Waals surface area contributed by atoms with Crippen molar-refractivity contribution in [3.63, 3.8) is 0 Å². The maximum absolute atomic E-state index is 11.8. The quantitative estimate of drug-likeness (QED) is 0.657. The summed E-state index contributed by atoms with van der Waals surface area (Å²) < 4.78 is 23.0. The summed E-state index contributed by atoms with van der Waals surface area (Å²) in [6, 6.07) is 12.6. The molecule has 0 heterocycles. The Morgan fingerprint density at radius 3 is 2.21 bits per heavy atom. The Hall–Kier alpha value is -2.23. The second-order valence-corrected chi connectivity index (χ2v) is 7.22. The number of benzene rings is 2. The van der Waals surface area contributed by atoms with E-state index in [1.165, 1.54) is 24.3 Å². The molecule has 2 aromatic rings. The van der Waals surface area contributed by atoms with Gasteiger partial charge in [-0.25, -0.2) is 13.6 Å². The van der Waals surface area contributed by atoms with Gasteiger partial charge in [-0.15, -0.1) is 0 Å². The van der Waals surface area contributed by atoms with Crippen molar-refractivity contribution in [3.8, 4) is 0 Å². The molecule has 2 rings (SSSR count). The van der Waals surface area contributed by atoms with Crippen LogP contribution >= 0.6 is 15.9 Å². The van der Waals surface area contributed by atoms with Crippen molar-refractivity contribution in [1.82, 2.24) is 5.32 Å². The fourth-order valence-corrected chi connectivity index (χ4v) is 2.70. The standard InChI is InChI=1S/C15H14BrN3O4S/c16-12-3-1-2-4-13(12)19-15(21)14(20)18-9-10-5-7-11(8-6-10)24(17,22)23/h1-8H,9H2,(H,18,20)(H,19,21)(H2,17,22,23). The number of primary sulfonamides is 1. The minimum atomic E-state index is -3.76. The average Bonchev–Trinajstić information content (AvgIpc) is 2.54. The van der Waals surface area contributed by atoms with Gasteiger partial charge in [0.05, 0.1) is 10.6 Å². The van der Waals surface area contributed by atoms with Gasteiger partial charge in [-0.2, -0.15) is 0 Å². The van der Waals surface area contributed by atoms with Gasteiger partial charge in [-0.1, -0.05) is 24.3 Å². The molecule has 9 heteroatoms. The number of carbonyl (C=O) groups excluding carboxylic acids is 2. The fourth-order valence-electron chi connectivity index (χ4n) is 1.80. The molecular weight excluding hydrogens is 398 g/mol. The van der Waals surface area contributed by atoms with E-state index in [9.17, 15) is 18.0 Å². The molecular formula is C15H14BrN3O4S. The zero-order valence-corrected chi connectivity index (χ0v) is 14.7. The van der Waals surface area contributed by atoms with Crippen LogP contribution in [0, 0.1) is 0 Å². The maximum Gasteiger partial charge on any atom is 0.313 e. The summed E-state index contributed by atoms with van der Waals surface area (Å²) in [5.41, 5.74) is 1.11. The molecule has 0 saturated carbocycles. The lowest BCUT2D eigenvalue weighted by Gasteiger charge is -2.08. The molecule has 7 nitrogen and oxygen atoms in total. The molecule has 2 aromatic carbocycles. The number of para-hydroxylation sites is 1. The number of hydrogen-bond donors (Lipinski definition) is 3. The van der Waals surface area contributed by atoms with E-state index in [-0.39, 0.29) is 11.4 Å². The molecule has 24 heavy (non-hydrogen) atoms. The lowest BCUT2D eigenvalue weighted by atomic mass is 10.2. The minimum absolute atomic E-state index is 0.0238. The van der Waals surface area contributed by atoms with Crippen LogP contribution in [0.3, 0.4) is 0 Å². The van der Waals surface area contributed by atoms with Gasteiger partial charge in [0.15, 0.2) is 0 Å². The number of halogens is 1. The summed E-state index contributed by atoms with van der Waals surface area (Å²) in [7, 11) is -3.76. The molecule has 126 valence electrons. The van der Waals surface area contributed by atoms with E-state index in [1.54, 1.807) is 24.3 Å². The molecule has 0 spiro atoms. The molecule has 0 aliphatic heterocycles. The highest BCUT2D eigenvalue weighted by Gasteiger charge is 2.14. The van der Waals surface area contributed by atoms with E-state index in [0.29, 0.717) is 15.7 Å². The van der Waals surface area contributed by atoms with Crippen LogP contribution in [-0.4, -0.2) is 20.2 Å². The highest BCUT2D eigenvalue weighted by Crippen LogP contribution is 2.20. The van der Waals surface area contributed by atoms with Crippen molar-refractivity contribution >= 4 is 43.5 Å². The maximum atomic E-state index is 11.8. The van der Waals surface area contributed by atoms with Gasteiger partial charge in [-0.05, 0) is 45.8 Å². The summed E-state index contributed by atoms with van der Waals surface area (Å²) in [6.07, 6.45) is 0. The van der Waals surface area contributed by atoms with Crippen molar-refractivity contribution < 1.29 is 18.0 Å². The Morgan fingerprint density at radius 2 is 1.62 bits per heavy atom. The number of sulfonamides is 1. The summed E-state index contributed by atoms with van der Waals surface area (Å²) >= 11 is 3.27. The molecule has 0 aliphatic rings. The van der Waals surface area contributed by atoms with Crippen molar-refractivity contribution in [3.05, 3.63) is 58.6 Å². The highest BCUT2D eigenvalue weighted by molar-refractivity contribution is 9.10. The van der Waals surface area contributed by atoms with E-state index in [2.05, 4.69) is 26.6 Å². The molecule has 0 unspecified atom stereocenters. The molecule has 2 amide bonds. The summed E-state index contributed by atoms with van der Waals surface area (Å²) in [5, 5.41) is 9.93. The molecule has 4 N–H and O–H groups in total. The van der Waals surface area contributed by atoms with Crippen LogP contribution in [0.2, 0.25) is 0 Å². The minimum Gasteiger partial charge on any atom is -0.344 e. The van der Waals surface area contributed by atoms with E-state index in [0.717, 1.165) is 0 Å². The summed E-state index contributed by atoms with van der Waals surface area (Å²) in [6.45, 7) is 0.0765. The average molecular weight is 412 g/mol. The number of amides is 2. The fraction of sp³-hybridized carbons (Fsp3) is 0.0667. The van der Waals surface area contributed by atoms with Gasteiger partial charge >= 0.3 is 11.8 Å². The number of nitrogens with two attached hydrogens (primary N) is 1. The Morgan fingerprint density at radius 1 is 1.00 bits per heavy atom. The SMILES string of the molecule is NS(=O)(=O)c1ccc(CNC(=O)C(=O)Nc2ccccc2Br)cc1. The van der Waals surface area contributed by atoms with Crippen LogP contribution in [0.1, 0.15) is 5.56 Å². The first-order chi connectivity index (χ1) is 11.3. The zero-order chi connectivity index (χ0) is 17.7. The second kappa shape index (κ2) is 7.56. The number of anilines is 1. The molecule has 0 atom stereocenters. The van der Waals surface area contributed by atoms with Crippen LogP contribution in [0.15, 0.2) is 57.9 Å². The Labute approximate surface area is 147 Å². The van der Waals surface area contributed by atoms with E-state index in [4.69, 9.17) is 5.14 Å². The van der Waals surface area contributed by atoms with Crippen LogP contribution in [0.25, 0.3) is 0 Å². The van der Waals surface area contributed by atoms with E-state index >= 15 is 0 Å². The Bertz CT molecular complexity index is 867. The molecule has 0 saturated heterocycles. The first-order valence-electron chi connectivity index (χ1n) is 6.73. The third-order valence-electron chi connectivity index (χ3n) is 3.03. The molecule has 0 aromatic heterocycles. The second-order valence-electron chi connectivity index (χ2n) is 4.81. The molecule has 0 bridgehead atoms.